The smallest absolute Gasteiger partial charge is 0.159 e. The largest absolute Gasteiger partial charge is 0.295 e. The van der Waals surface area contributed by atoms with Crippen molar-refractivity contribution in [1.82, 2.24) is 0 Å². The van der Waals surface area contributed by atoms with Crippen molar-refractivity contribution >= 4 is 22.7 Å². The van der Waals surface area contributed by atoms with Gasteiger partial charge in [-0.2, -0.15) is 0 Å². The molecule has 0 saturated heterocycles. The summed E-state index contributed by atoms with van der Waals surface area (Å²) in [6.07, 6.45) is 0. The number of ketones is 2. The summed E-state index contributed by atoms with van der Waals surface area (Å²) in [7, 11) is 0. The van der Waals surface area contributed by atoms with Crippen molar-refractivity contribution in [2.45, 2.75) is 13.8 Å². The van der Waals surface area contributed by atoms with Crippen LogP contribution in [0.3, 0.4) is 0 Å². The third kappa shape index (κ3) is 2.53. The summed E-state index contributed by atoms with van der Waals surface area (Å²) in [4.78, 5) is 24.4. The molecule has 0 aromatic heterocycles. The highest BCUT2D eigenvalue weighted by Crippen LogP contribution is 2.54. The molecule has 0 amide bonds. The highest BCUT2D eigenvalue weighted by Gasteiger charge is 2.32. The molecule has 0 N–H and O–H groups in total. The van der Waals surface area contributed by atoms with Gasteiger partial charge in [0.25, 0.3) is 0 Å². The van der Waals surface area contributed by atoms with Crippen LogP contribution in [0.5, 0.6) is 0 Å². The maximum absolute atomic E-state index is 12.2. The van der Waals surface area contributed by atoms with Crippen molar-refractivity contribution in [3.8, 4) is 22.3 Å². The van der Waals surface area contributed by atoms with Gasteiger partial charge in [0.1, 0.15) is 0 Å². The Kier molecular flexibility index (Phi) is 3.93. The zero-order valence-electron chi connectivity index (χ0n) is 17.9. The lowest BCUT2D eigenvalue weighted by atomic mass is 9.90. The summed E-state index contributed by atoms with van der Waals surface area (Å²) < 4.78 is 0. The molecule has 32 heavy (non-hydrogen) atoms. The SMILES string of the molecule is CC(=O)c1ccc2c(c1)/C(=C1\c3ccccc3-c3ccc(C(C)=O)cc31)c1ccccc1-2. The van der Waals surface area contributed by atoms with Crippen LogP contribution in [-0.2, 0) is 0 Å². The van der Waals surface area contributed by atoms with Gasteiger partial charge < -0.3 is 0 Å². The molecule has 0 saturated carbocycles. The quantitative estimate of drug-likeness (QED) is 0.285. The van der Waals surface area contributed by atoms with Crippen LogP contribution in [0.1, 0.15) is 56.8 Å². The fourth-order valence-corrected chi connectivity index (χ4v) is 5.11. The molecular formula is C30H20O2. The van der Waals surface area contributed by atoms with Crippen molar-refractivity contribution in [2.24, 2.45) is 0 Å². The average molecular weight is 412 g/mol. The van der Waals surface area contributed by atoms with E-state index < -0.39 is 0 Å². The van der Waals surface area contributed by atoms with Gasteiger partial charge in [-0.05, 0) is 81.6 Å². The molecule has 0 atom stereocenters. The molecule has 152 valence electrons. The Morgan fingerprint density at radius 2 is 0.781 bits per heavy atom. The highest BCUT2D eigenvalue weighted by atomic mass is 16.1. The number of benzene rings is 4. The molecule has 6 rings (SSSR count). The van der Waals surface area contributed by atoms with Gasteiger partial charge in [0.15, 0.2) is 11.6 Å². The van der Waals surface area contributed by atoms with Crippen LogP contribution in [0.25, 0.3) is 33.4 Å². The third-order valence-corrected chi connectivity index (χ3v) is 6.61. The van der Waals surface area contributed by atoms with E-state index >= 15 is 0 Å². The van der Waals surface area contributed by atoms with E-state index in [0.717, 1.165) is 44.5 Å². The molecule has 0 bridgehead atoms. The Morgan fingerprint density at radius 3 is 1.16 bits per heavy atom. The molecule has 0 spiro atoms. The number of hydrogen-bond donors (Lipinski definition) is 0. The lowest BCUT2D eigenvalue weighted by Gasteiger charge is -2.12. The monoisotopic (exact) mass is 412 g/mol. The minimum atomic E-state index is 0.0548. The maximum atomic E-state index is 12.2. The van der Waals surface area contributed by atoms with Gasteiger partial charge in [-0.3, -0.25) is 9.59 Å². The van der Waals surface area contributed by atoms with E-state index in [-0.39, 0.29) is 11.6 Å². The van der Waals surface area contributed by atoms with E-state index in [2.05, 4.69) is 60.7 Å². The molecule has 2 aliphatic rings. The fraction of sp³-hybridized carbons (Fsp3) is 0.0667. The van der Waals surface area contributed by atoms with E-state index in [1.807, 2.05) is 24.3 Å². The fourth-order valence-electron chi connectivity index (χ4n) is 5.11. The van der Waals surface area contributed by atoms with Crippen LogP contribution in [0, 0.1) is 0 Å². The number of carbonyl (C=O) groups is 2. The van der Waals surface area contributed by atoms with Crippen molar-refractivity contribution in [2.75, 3.05) is 0 Å². The molecule has 4 aromatic carbocycles. The first-order valence-corrected chi connectivity index (χ1v) is 10.8. The number of hydrogen-bond acceptors (Lipinski definition) is 2. The lowest BCUT2D eigenvalue weighted by molar-refractivity contribution is 0.100. The molecule has 4 aromatic rings. The molecule has 2 aliphatic carbocycles. The topological polar surface area (TPSA) is 34.1 Å². The summed E-state index contributed by atoms with van der Waals surface area (Å²) in [5.41, 5.74) is 12.8. The Morgan fingerprint density at radius 1 is 0.438 bits per heavy atom. The molecule has 0 fully saturated rings. The molecule has 2 nitrogen and oxygen atoms in total. The first-order valence-electron chi connectivity index (χ1n) is 10.8. The van der Waals surface area contributed by atoms with Crippen LogP contribution in [0.15, 0.2) is 84.9 Å². The predicted molar refractivity (Wildman–Crippen MR) is 129 cm³/mol. The maximum Gasteiger partial charge on any atom is 0.159 e. The number of fused-ring (bicyclic) bond motifs is 6. The molecule has 0 unspecified atom stereocenters. The van der Waals surface area contributed by atoms with Crippen molar-refractivity contribution in [1.29, 1.82) is 0 Å². The van der Waals surface area contributed by atoms with Gasteiger partial charge in [0, 0.05) is 11.1 Å². The van der Waals surface area contributed by atoms with E-state index in [4.69, 9.17) is 0 Å². The number of rotatable bonds is 2. The zero-order chi connectivity index (χ0) is 22.0. The molecular weight excluding hydrogens is 392 g/mol. The van der Waals surface area contributed by atoms with Crippen LogP contribution in [0.4, 0.5) is 0 Å². The van der Waals surface area contributed by atoms with E-state index in [1.165, 1.54) is 11.1 Å². The molecule has 2 heteroatoms. The number of carbonyl (C=O) groups excluding carboxylic acids is 2. The van der Waals surface area contributed by atoms with Crippen molar-refractivity contribution in [3.63, 3.8) is 0 Å². The second kappa shape index (κ2) is 6.73. The molecule has 0 heterocycles. The van der Waals surface area contributed by atoms with Crippen molar-refractivity contribution in [3.05, 3.63) is 118 Å². The second-order valence-electron chi connectivity index (χ2n) is 8.47. The first kappa shape index (κ1) is 18.7. The molecule has 0 radical (unpaired) electrons. The zero-order valence-corrected chi connectivity index (χ0v) is 17.9. The normalized spacial score (nSPS) is 15.1. The summed E-state index contributed by atoms with van der Waals surface area (Å²) in [6, 6.07) is 28.8. The van der Waals surface area contributed by atoms with E-state index in [9.17, 15) is 9.59 Å². The van der Waals surface area contributed by atoms with Gasteiger partial charge in [-0.15, -0.1) is 0 Å². The van der Waals surface area contributed by atoms with Gasteiger partial charge in [-0.25, -0.2) is 0 Å². The second-order valence-corrected chi connectivity index (χ2v) is 8.47. The van der Waals surface area contributed by atoms with Gasteiger partial charge in [0.05, 0.1) is 0 Å². The Bertz CT molecular complexity index is 1400. The highest BCUT2D eigenvalue weighted by molar-refractivity contribution is 6.19. The third-order valence-electron chi connectivity index (χ3n) is 6.61. The van der Waals surface area contributed by atoms with Gasteiger partial charge in [0.2, 0.25) is 0 Å². The Balaban J connectivity index is 1.78. The summed E-state index contributed by atoms with van der Waals surface area (Å²) in [5, 5.41) is 0. The van der Waals surface area contributed by atoms with Crippen LogP contribution >= 0.6 is 0 Å². The summed E-state index contributed by atoms with van der Waals surface area (Å²) in [6.45, 7) is 3.21. The average Bonchev–Trinajstić information content (AvgIpc) is 3.30. The Hall–Kier alpha value is -4.04. The number of Topliss-reactive ketones (excluding diaryl/α,β-unsaturated/α-hetero) is 2. The van der Waals surface area contributed by atoms with E-state index in [1.54, 1.807) is 13.8 Å². The van der Waals surface area contributed by atoms with Crippen LogP contribution < -0.4 is 0 Å². The lowest BCUT2D eigenvalue weighted by Crippen LogP contribution is -1.96. The van der Waals surface area contributed by atoms with Gasteiger partial charge >= 0.3 is 0 Å². The van der Waals surface area contributed by atoms with E-state index in [0.29, 0.717) is 11.1 Å². The van der Waals surface area contributed by atoms with Gasteiger partial charge in [-0.1, -0.05) is 72.8 Å². The summed E-state index contributed by atoms with van der Waals surface area (Å²) in [5.74, 6) is 0.110. The minimum absolute atomic E-state index is 0.0548. The van der Waals surface area contributed by atoms with Crippen LogP contribution in [0.2, 0.25) is 0 Å². The Labute approximate surface area is 186 Å². The first-order chi connectivity index (χ1) is 15.5. The van der Waals surface area contributed by atoms with Crippen LogP contribution in [-0.4, -0.2) is 11.6 Å². The summed E-state index contributed by atoms with van der Waals surface area (Å²) >= 11 is 0. The van der Waals surface area contributed by atoms with Crippen molar-refractivity contribution < 1.29 is 9.59 Å². The molecule has 0 aliphatic heterocycles. The predicted octanol–water partition coefficient (Wildman–Crippen LogP) is 7.06. The standard InChI is InChI=1S/C30H20O2/c1-17(31)19-11-13-23-21-7-3-5-9-25(21)29(27(23)15-19)30-26-10-6-4-8-22(26)24-14-12-20(18(2)32)16-28(24)30/h3-16H,1-2H3/b30-29+. The minimum Gasteiger partial charge on any atom is -0.295 e.